The highest BCUT2D eigenvalue weighted by atomic mass is 32.2. The lowest BCUT2D eigenvalue weighted by molar-refractivity contribution is -0.384. The highest BCUT2D eigenvalue weighted by Crippen LogP contribution is 2.36. The van der Waals surface area contributed by atoms with E-state index in [0.29, 0.717) is 59.8 Å². The Morgan fingerprint density at radius 2 is 1.74 bits per heavy atom. The molecule has 16 heteroatoms. The number of likely N-dealkylation sites (tertiary alicyclic amines) is 1. The molecule has 0 spiro atoms. The Morgan fingerprint density at radius 3 is 2.41 bits per heavy atom. The first-order chi connectivity index (χ1) is 26.0. The number of amides is 3. The van der Waals surface area contributed by atoms with Crippen molar-refractivity contribution in [3.63, 3.8) is 0 Å². The van der Waals surface area contributed by atoms with Crippen LogP contribution in [0.4, 0.5) is 37.8 Å². The van der Waals surface area contributed by atoms with Gasteiger partial charge < -0.3 is 25.6 Å². The molecule has 6 rings (SSSR count). The number of ether oxygens (including phenoxy) is 1. The van der Waals surface area contributed by atoms with E-state index >= 15 is 4.39 Å². The maximum absolute atomic E-state index is 16.4. The third-order valence-corrected chi connectivity index (χ3v) is 9.98. The van der Waals surface area contributed by atoms with Crippen LogP contribution in [0.2, 0.25) is 0 Å². The van der Waals surface area contributed by atoms with Gasteiger partial charge in [-0.25, -0.2) is 9.78 Å². The zero-order chi connectivity index (χ0) is 38.4. The van der Waals surface area contributed by atoms with Gasteiger partial charge in [0, 0.05) is 58.7 Å². The predicted molar refractivity (Wildman–Crippen MR) is 204 cm³/mol. The lowest BCUT2D eigenvalue weighted by Crippen LogP contribution is -2.39. The summed E-state index contributed by atoms with van der Waals surface area (Å²) in [5.74, 6) is -1.17. The molecule has 1 saturated heterocycles. The molecular weight excluding hydrogens is 716 g/mol. The molecule has 54 heavy (non-hydrogen) atoms. The van der Waals surface area contributed by atoms with E-state index in [-0.39, 0.29) is 46.1 Å². The number of nitro groups is 1. The van der Waals surface area contributed by atoms with Gasteiger partial charge in [0.25, 0.3) is 11.6 Å². The average Bonchev–Trinajstić information content (AvgIpc) is 3.60. The van der Waals surface area contributed by atoms with Gasteiger partial charge >= 0.3 is 6.09 Å². The maximum atomic E-state index is 16.4. The van der Waals surface area contributed by atoms with Crippen molar-refractivity contribution in [2.75, 3.05) is 29.0 Å². The van der Waals surface area contributed by atoms with E-state index in [1.54, 1.807) is 71.8 Å². The van der Waals surface area contributed by atoms with Gasteiger partial charge in [-0.15, -0.1) is 0 Å². The van der Waals surface area contributed by atoms with E-state index < -0.39 is 16.8 Å². The van der Waals surface area contributed by atoms with Crippen LogP contribution in [-0.4, -0.2) is 60.7 Å². The van der Waals surface area contributed by atoms with Crippen molar-refractivity contribution in [1.29, 1.82) is 0 Å². The normalized spacial score (nSPS) is 13.1. The quantitative estimate of drug-likeness (QED) is 0.0492. The molecule has 3 amide bonds. The number of rotatable bonds is 12. The summed E-state index contributed by atoms with van der Waals surface area (Å²) >= 11 is 1.31. The van der Waals surface area contributed by atoms with E-state index in [4.69, 9.17) is 9.72 Å². The Bertz CT molecular complexity index is 2200. The summed E-state index contributed by atoms with van der Waals surface area (Å²) in [6, 6.07) is 19.1. The van der Waals surface area contributed by atoms with E-state index in [0.717, 1.165) is 11.6 Å². The number of piperidine rings is 1. The fourth-order valence-electron chi connectivity index (χ4n) is 5.74. The standard InChI is InChI=1S/C38H37FN8O6S/c1-4-32(48)41-26-12-10-25(11-13-26)36(49)43-28-7-5-6-27(20-28)42-35-33(39)37(44-34-31(23(2)3)21-40-46(34)35)54-30-16-18-45(19-17-30)38(50)53-22-24-8-14-29(15-9-24)47(51)52/h4-15,20-21,23,30,42H,1,16-19,22H2,2-3H3,(H,41,48)(H,43,49). The molecule has 278 valence electrons. The monoisotopic (exact) mass is 752 g/mol. The number of carbonyl (C=O) groups excluding carboxylic acids is 3. The lowest BCUT2D eigenvalue weighted by Gasteiger charge is -2.31. The zero-order valence-electron chi connectivity index (χ0n) is 29.5. The van der Waals surface area contributed by atoms with Gasteiger partial charge in [0.1, 0.15) is 11.6 Å². The number of non-ortho nitro benzene ring substituents is 1. The number of nitro benzene ring substituents is 1. The number of hydrogen-bond acceptors (Lipinski definition) is 10. The van der Waals surface area contributed by atoms with Crippen molar-refractivity contribution < 1.29 is 28.4 Å². The first-order valence-corrected chi connectivity index (χ1v) is 18.0. The average molecular weight is 753 g/mol. The number of carbonyl (C=O) groups is 3. The molecule has 5 aromatic rings. The van der Waals surface area contributed by atoms with Crippen molar-refractivity contribution >= 4 is 63.9 Å². The van der Waals surface area contributed by atoms with Crippen LogP contribution < -0.4 is 16.0 Å². The van der Waals surface area contributed by atoms with Crippen molar-refractivity contribution in [2.24, 2.45) is 0 Å². The minimum Gasteiger partial charge on any atom is -0.445 e. The summed E-state index contributed by atoms with van der Waals surface area (Å²) in [7, 11) is 0. The smallest absolute Gasteiger partial charge is 0.410 e. The van der Waals surface area contributed by atoms with Crippen LogP contribution in [0.3, 0.4) is 0 Å². The van der Waals surface area contributed by atoms with Gasteiger partial charge in [-0.1, -0.05) is 38.3 Å². The summed E-state index contributed by atoms with van der Waals surface area (Å²) in [6.45, 7) is 8.25. The van der Waals surface area contributed by atoms with E-state index in [1.807, 2.05) is 13.8 Å². The lowest BCUT2D eigenvalue weighted by atomic mass is 10.1. The minimum absolute atomic E-state index is 0.0122. The third kappa shape index (κ3) is 8.83. The van der Waals surface area contributed by atoms with Crippen molar-refractivity contribution in [3.8, 4) is 0 Å². The number of nitrogens with zero attached hydrogens (tertiary/aromatic N) is 5. The summed E-state index contributed by atoms with van der Waals surface area (Å²) < 4.78 is 23.3. The molecule has 14 nitrogen and oxygen atoms in total. The first-order valence-electron chi connectivity index (χ1n) is 17.1. The van der Waals surface area contributed by atoms with Gasteiger partial charge in [-0.05, 0) is 85.0 Å². The number of halogens is 1. The molecule has 0 bridgehead atoms. The van der Waals surface area contributed by atoms with E-state index in [9.17, 15) is 24.5 Å². The summed E-state index contributed by atoms with van der Waals surface area (Å²) in [6.07, 6.45) is 3.51. The zero-order valence-corrected chi connectivity index (χ0v) is 30.3. The first kappa shape index (κ1) is 37.5. The highest BCUT2D eigenvalue weighted by molar-refractivity contribution is 7.99. The second-order valence-electron chi connectivity index (χ2n) is 12.8. The topological polar surface area (TPSA) is 173 Å². The fourth-order valence-corrected chi connectivity index (χ4v) is 6.84. The van der Waals surface area contributed by atoms with Crippen molar-refractivity contribution in [2.45, 2.75) is 49.5 Å². The van der Waals surface area contributed by atoms with Crippen molar-refractivity contribution in [1.82, 2.24) is 19.5 Å². The Morgan fingerprint density at radius 1 is 1.04 bits per heavy atom. The van der Waals surface area contributed by atoms with Gasteiger partial charge in [0.2, 0.25) is 5.91 Å². The van der Waals surface area contributed by atoms with E-state index in [1.165, 1.54) is 28.4 Å². The van der Waals surface area contributed by atoms with Gasteiger partial charge in [-0.3, -0.25) is 19.7 Å². The summed E-state index contributed by atoms with van der Waals surface area (Å²) in [4.78, 5) is 54.1. The second kappa shape index (κ2) is 16.6. The molecule has 3 N–H and O–H groups in total. The molecular formula is C38H37FN8O6S. The van der Waals surface area contributed by atoms with Crippen LogP contribution in [-0.2, 0) is 16.1 Å². The summed E-state index contributed by atoms with van der Waals surface area (Å²) in [5.41, 5.74) is 3.82. The number of thioether (sulfide) groups is 1. The van der Waals surface area contributed by atoms with Gasteiger partial charge in [0.05, 0.1) is 11.1 Å². The van der Waals surface area contributed by atoms with Crippen LogP contribution in [0.1, 0.15) is 54.1 Å². The number of nitrogens with one attached hydrogen (secondary N) is 3. The van der Waals surface area contributed by atoms with Gasteiger partial charge in [-0.2, -0.15) is 14.0 Å². The van der Waals surface area contributed by atoms with E-state index in [2.05, 4.69) is 27.6 Å². The molecule has 0 aliphatic carbocycles. The largest absolute Gasteiger partial charge is 0.445 e. The Hall–Kier alpha value is -6.29. The number of aromatic nitrogens is 3. The molecule has 1 fully saturated rings. The van der Waals surface area contributed by atoms with Crippen LogP contribution in [0.25, 0.3) is 5.65 Å². The molecule has 0 saturated carbocycles. The molecule has 1 aliphatic rings. The summed E-state index contributed by atoms with van der Waals surface area (Å²) in [5, 5.41) is 24.2. The molecule has 0 atom stereocenters. The SMILES string of the molecule is C=CC(=O)Nc1ccc(C(=O)Nc2cccc(Nc3c(F)c(SC4CCN(C(=O)OCc5ccc([N+](=O)[O-])cc5)CC4)nc4c(C(C)C)cnn34)c2)cc1. The fraction of sp³-hybridized carbons (Fsp3) is 0.237. The van der Waals surface area contributed by atoms with Crippen LogP contribution in [0, 0.1) is 15.9 Å². The maximum Gasteiger partial charge on any atom is 0.410 e. The van der Waals surface area contributed by atoms with Crippen LogP contribution in [0.5, 0.6) is 0 Å². The molecule has 1 aliphatic heterocycles. The molecule has 3 aromatic carbocycles. The Labute approximate surface area is 313 Å². The van der Waals surface area contributed by atoms with Crippen LogP contribution >= 0.6 is 11.8 Å². The molecule has 0 radical (unpaired) electrons. The number of anilines is 4. The number of fused-ring (bicyclic) bond motifs is 1. The number of benzene rings is 3. The molecule has 0 unspecified atom stereocenters. The number of hydrogen-bond donors (Lipinski definition) is 3. The highest BCUT2D eigenvalue weighted by Gasteiger charge is 2.28. The van der Waals surface area contributed by atoms with Crippen molar-refractivity contribution in [3.05, 3.63) is 124 Å². The molecule has 3 heterocycles. The second-order valence-corrected chi connectivity index (χ2v) is 14.1. The van der Waals surface area contributed by atoms with Gasteiger partial charge in [0.15, 0.2) is 17.3 Å². The van der Waals surface area contributed by atoms with Crippen LogP contribution in [0.15, 0.2) is 96.7 Å². The Balaban J connectivity index is 1.13. The Kier molecular flexibility index (Phi) is 11.5. The third-order valence-electron chi connectivity index (χ3n) is 8.68. The molecule has 2 aromatic heterocycles. The minimum atomic E-state index is -0.589. The predicted octanol–water partition coefficient (Wildman–Crippen LogP) is 7.91.